The molecule has 13 heteroatoms. The van der Waals surface area contributed by atoms with Crippen molar-refractivity contribution in [3.05, 3.63) is 144 Å². The number of carbonyl (C=O) groups excluding carboxylic acids is 2. The summed E-state index contributed by atoms with van der Waals surface area (Å²) in [4.78, 5) is 26.5. The molecule has 7 rings (SSSR count). The molecule has 11 atom stereocenters. The largest absolute Gasteiger partial charge is 0.457 e. The molecule has 0 aliphatic carbocycles. The van der Waals surface area contributed by atoms with Gasteiger partial charge in [-0.25, -0.2) is 0 Å². The third-order valence-electron chi connectivity index (χ3n) is 10.7. The first kappa shape index (κ1) is 44.5. The quantitative estimate of drug-likeness (QED) is 0.125. The van der Waals surface area contributed by atoms with Crippen LogP contribution in [0.4, 0.5) is 0 Å². The zero-order valence-electron chi connectivity index (χ0n) is 35.3. The highest BCUT2D eigenvalue weighted by atomic mass is 16.8. The van der Waals surface area contributed by atoms with Gasteiger partial charge in [0.05, 0.1) is 38.4 Å². The van der Waals surface area contributed by atoms with E-state index in [0.717, 1.165) is 22.3 Å². The number of amides is 1. The van der Waals surface area contributed by atoms with Crippen LogP contribution in [0.5, 0.6) is 0 Å². The van der Waals surface area contributed by atoms with Crippen molar-refractivity contribution in [3.8, 4) is 0 Å². The van der Waals surface area contributed by atoms with Crippen molar-refractivity contribution >= 4 is 11.9 Å². The average Bonchev–Trinajstić information content (AvgIpc) is 3.27. The molecule has 3 heterocycles. The van der Waals surface area contributed by atoms with Crippen molar-refractivity contribution < 1.29 is 57.0 Å². The van der Waals surface area contributed by atoms with Gasteiger partial charge in [-0.3, -0.25) is 9.59 Å². The summed E-state index contributed by atoms with van der Waals surface area (Å²) < 4.78 is 64.9. The molecule has 326 valence electrons. The summed E-state index contributed by atoms with van der Waals surface area (Å²) in [5.74, 6) is -0.860. The summed E-state index contributed by atoms with van der Waals surface area (Å²) in [5.41, 5.74) is 2.80. The van der Waals surface area contributed by atoms with Crippen LogP contribution in [-0.2, 0) is 76.8 Å². The lowest BCUT2D eigenvalue weighted by Gasteiger charge is -2.50. The monoisotopic (exact) mass is 839 g/mol. The Hall–Kier alpha value is -4.54. The number of esters is 1. The molecule has 3 aliphatic heterocycles. The Morgan fingerprint density at radius 3 is 1.69 bits per heavy atom. The van der Waals surface area contributed by atoms with Crippen molar-refractivity contribution in [2.75, 3.05) is 20.3 Å². The van der Waals surface area contributed by atoms with Gasteiger partial charge in [-0.05, 0) is 37.5 Å². The molecule has 0 radical (unpaired) electrons. The van der Waals surface area contributed by atoms with E-state index in [9.17, 15) is 9.59 Å². The van der Waals surface area contributed by atoms with Crippen LogP contribution in [0.25, 0.3) is 0 Å². The van der Waals surface area contributed by atoms with E-state index in [1.807, 2.05) is 121 Å². The van der Waals surface area contributed by atoms with Crippen LogP contribution in [0.2, 0.25) is 0 Å². The fourth-order valence-corrected chi connectivity index (χ4v) is 7.58. The Bertz CT molecular complexity index is 1950. The number of rotatable bonds is 16. The first-order valence-electron chi connectivity index (χ1n) is 20.8. The molecule has 3 fully saturated rings. The molecule has 0 aromatic heterocycles. The van der Waals surface area contributed by atoms with Crippen molar-refractivity contribution in [1.29, 1.82) is 0 Å². The van der Waals surface area contributed by atoms with E-state index < -0.39 is 79.0 Å². The summed E-state index contributed by atoms with van der Waals surface area (Å²) in [6, 6.07) is 38.0. The first-order chi connectivity index (χ1) is 29.6. The Labute approximate surface area is 357 Å². The van der Waals surface area contributed by atoms with Crippen molar-refractivity contribution in [3.63, 3.8) is 0 Å². The van der Waals surface area contributed by atoms with E-state index in [0.29, 0.717) is 0 Å². The minimum atomic E-state index is -1.14. The maximum atomic E-state index is 13.6. The van der Waals surface area contributed by atoms with Crippen LogP contribution in [-0.4, -0.2) is 93.5 Å². The van der Waals surface area contributed by atoms with Gasteiger partial charge in [0, 0.05) is 19.6 Å². The summed E-state index contributed by atoms with van der Waals surface area (Å²) in [6.07, 6.45) is -8.34. The van der Waals surface area contributed by atoms with Crippen LogP contribution in [0, 0.1) is 5.41 Å². The number of hydrogen-bond acceptors (Lipinski definition) is 12. The number of nitrogens with one attached hydrogen (secondary N) is 1. The summed E-state index contributed by atoms with van der Waals surface area (Å²) in [5, 5.41) is 2.95. The molecule has 61 heavy (non-hydrogen) atoms. The van der Waals surface area contributed by atoms with Crippen LogP contribution < -0.4 is 5.32 Å². The number of carbonyl (C=O) groups is 2. The van der Waals surface area contributed by atoms with E-state index >= 15 is 0 Å². The van der Waals surface area contributed by atoms with Gasteiger partial charge >= 0.3 is 5.97 Å². The molecular weight excluding hydrogens is 783 g/mol. The van der Waals surface area contributed by atoms with Gasteiger partial charge in [0.25, 0.3) is 0 Å². The van der Waals surface area contributed by atoms with Gasteiger partial charge in [0.2, 0.25) is 5.91 Å². The molecular formula is C48H57NO12. The predicted molar refractivity (Wildman–Crippen MR) is 222 cm³/mol. The molecule has 3 aliphatic rings. The van der Waals surface area contributed by atoms with E-state index in [1.54, 1.807) is 27.9 Å². The van der Waals surface area contributed by atoms with E-state index in [-0.39, 0.29) is 38.9 Å². The van der Waals surface area contributed by atoms with Gasteiger partial charge in [-0.15, -0.1) is 0 Å². The maximum Gasteiger partial charge on any atom is 0.311 e. The third kappa shape index (κ3) is 11.7. The zero-order valence-corrected chi connectivity index (χ0v) is 35.3. The van der Waals surface area contributed by atoms with Crippen LogP contribution in [0.1, 0.15) is 56.2 Å². The van der Waals surface area contributed by atoms with E-state index in [2.05, 4.69) is 5.32 Å². The molecule has 1 N–H and O–H groups in total. The molecule has 1 unspecified atom stereocenters. The predicted octanol–water partition coefficient (Wildman–Crippen LogP) is 6.43. The smallest absolute Gasteiger partial charge is 0.311 e. The lowest BCUT2D eigenvalue weighted by Crippen LogP contribution is -2.68. The van der Waals surface area contributed by atoms with Crippen LogP contribution >= 0.6 is 0 Å². The summed E-state index contributed by atoms with van der Waals surface area (Å²) >= 11 is 0. The molecule has 4 aromatic rings. The molecule has 0 spiro atoms. The van der Waals surface area contributed by atoms with E-state index in [4.69, 9.17) is 47.4 Å². The topological polar surface area (TPSA) is 138 Å². The number of fused-ring (bicyclic) bond motifs is 1. The van der Waals surface area contributed by atoms with Gasteiger partial charge < -0.3 is 52.7 Å². The Balaban J connectivity index is 1.18. The zero-order chi connectivity index (χ0) is 42.8. The second-order valence-electron chi connectivity index (χ2n) is 16.5. The number of hydrogen-bond donors (Lipinski definition) is 1. The number of benzene rings is 4. The van der Waals surface area contributed by atoms with Gasteiger partial charge in [-0.1, -0.05) is 121 Å². The SMILES string of the molecule is CO[C@H]1O[C@H](CO[C@@H]2O[C@@H]3COC(c4ccccc4)O[C@H]3[C@H](OC(=O)C(C)(C)C)[C@H]2NC(C)=O)[C@@H](OCc2ccccc2)[C@H](OCc2ccccc2)[C@H]1OCc1ccccc1. The maximum absolute atomic E-state index is 13.6. The lowest BCUT2D eigenvalue weighted by atomic mass is 9.93. The lowest BCUT2D eigenvalue weighted by molar-refractivity contribution is -0.357. The van der Waals surface area contributed by atoms with Gasteiger partial charge in [0.1, 0.15) is 42.7 Å². The average molecular weight is 840 g/mol. The standard InChI is InChI=1S/C48H57NO12/c1-31(50)49-38-41(61-47(51)48(2,3)4)40-37(30-56-44(60-40)35-24-16-9-17-25-35)58-45(38)57-29-36-39(53-26-32-18-10-6-11-19-32)42(54-27-33-20-12-7-13-21-33)43(46(52-5)59-36)55-28-34-22-14-8-15-23-34/h6-25,36-46H,26-30H2,1-5H3,(H,49,50)/t36-,37-,38-,39-,40-,41-,42+,43-,44?,45-,46+/m1/s1. The summed E-state index contributed by atoms with van der Waals surface area (Å²) in [6.45, 7) is 7.44. The first-order valence-corrected chi connectivity index (χ1v) is 20.8. The van der Waals surface area contributed by atoms with Gasteiger partial charge in [0.15, 0.2) is 25.0 Å². The normalized spacial score (nSPS) is 29.0. The van der Waals surface area contributed by atoms with Gasteiger partial charge in [-0.2, -0.15) is 0 Å². The molecule has 3 saturated heterocycles. The second-order valence-corrected chi connectivity index (χ2v) is 16.5. The minimum absolute atomic E-state index is 0.102. The Morgan fingerprint density at radius 1 is 0.639 bits per heavy atom. The number of ether oxygens (including phenoxy) is 10. The van der Waals surface area contributed by atoms with Crippen LogP contribution in [0.15, 0.2) is 121 Å². The van der Waals surface area contributed by atoms with Crippen molar-refractivity contribution in [1.82, 2.24) is 5.32 Å². The molecule has 0 bridgehead atoms. The fraction of sp³-hybridized carbons (Fsp3) is 0.458. The highest BCUT2D eigenvalue weighted by Gasteiger charge is 2.55. The third-order valence-corrected chi connectivity index (χ3v) is 10.7. The van der Waals surface area contributed by atoms with Crippen LogP contribution in [0.3, 0.4) is 0 Å². The van der Waals surface area contributed by atoms with Crippen molar-refractivity contribution in [2.45, 2.75) is 115 Å². The second kappa shape index (κ2) is 21.0. The Morgan fingerprint density at radius 2 is 1.16 bits per heavy atom. The fourth-order valence-electron chi connectivity index (χ4n) is 7.58. The summed E-state index contributed by atoms with van der Waals surface area (Å²) in [7, 11) is 1.55. The molecule has 13 nitrogen and oxygen atoms in total. The van der Waals surface area contributed by atoms with E-state index in [1.165, 1.54) is 6.92 Å². The van der Waals surface area contributed by atoms with Crippen molar-refractivity contribution in [2.24, 2.45) is 5.41 Å². The molecule has 4 aromatic carbocycles. The molecule has 1 amide bonds. The minimum Gasteiger partial charge on any atom is -0.457 e. The highest BCUT2D eigenvalue weighted by molar-refractivity contribution is 5.76. The number of methoxy groups -OCH3 is 1. The molecule has 0 saturated carbocycles. The highest BCUT2D eigenvalue weighted by Crippen LogP contribution is 2.38. The Kier molecular flexibility index (Phi) is 15.3.